The van der Waals surface area contributed by atoms with E-state index in [9.17, 15) is 4.79 Å². The van der Waals surface area contributed by atoms with Gasteiger partial charge in [0.2, 0.25) is 0 Å². The van der Waals surface area contributed by atoms with E-state index in [1.165, 1.54) is 12.5 Å². The Hall–Kier alpha value is -1.41. The van der Waals surface area contributed by atoms with Gasteiger partial charge in [0, 0.05) is 5.39 Å². The average molecular weight is 248 g/mol. The van der Waals surface area contributed by atoms with Gasteiger partial charge < -0.3 is 0 Å². The molecule has 0 aliphatic carbocycles. The Balaban J connectivity index is 2.68. The number of hydrogen-bond acceptors (Lipinski definition) is 2. The molecule has 1 heterocycles. The summed E-state index contributed by atoms with van der Waals surface area (Å²) in [6.07, 6.45) is 0. The zero-order valence-corrected chi connectivity index (χ0v) is 10.9. The van der Waals surface area contributed by atoms with Crippen molar-refractivity contribution in [2.75, 3.05) is 0 Å². The third kappa shape index (κ3) is 2.32. The predicted molar refractivity (Wildman–Crippen MR) is 70.8 cm³/mol. The van der Waals surface area contributed by atoms with Crippen molar-refractivity contribution in [3.63, 3.8) is 0 Å². The maximum atomic E-state index is 11.4. The fourth-order valence-electron chi connectivity index (χ4n) is 1.78. The number of benzene rings is 1. The topological polar surface area (TPSA) is 30.0 Å². The van der Waals surface area contributed by atoms with Crippen LogP contribution >= 0.6 is 11.6 Å². The van der Waals surface area contributed by atoms with Gasteiger partial charge in [-0.05, 0) is 36.6 Å². The molecule has 3 heteroatoms. The summed E-state index contributed by atoms with van der Waals surface area (Å²) in [4.78, 5) is 15.6. The summed E-state index contributed by atoms with van der Waals surface area (Å²) in [6.45, 7) is 5.77. The lowest BCUT2D eigenvalue weighted by Crippen LogP contribution is -1.97. The molecule has 0 amide bonds. The number of rotatable bonds is 2. The van der Waals surface area contributed by atoms with Crippen LogP contribution in [0.15, 0.2) is 24.3 Å². The summed E-state index contributed by atoms with van der Waals surface area (Å²) in [5.74, 6) is 0.398. The lowest BCUT2D eigenvalue weighted by atomic mass is 10.0. The van der Waals surface area contributed by atoms with Crippen LogP contribution in [0.5, 0.6) is 0 Å². The second-order valence-corrected chi connectivity index (χ2v) is 4.85. The maximum Gasteiger partial charge on any atom is 0.162 e. The molecule has 0 saturated carbocycles. The van der Waals surface area contributed by atoms with Gasteiger partial charge in [0.1, 0.15) is 5.15 Å². The first-order chi connectivity index (χ1) is 7.99. The largest absolute Gasteiger partial charge is 0.294 e. The van der Waals surface area contributed by atoms with Gasteiger partial charge in [-0.1, -0.05) is 31.5 Å². The molecule has 17 heavy (non-hydrogen) atoms. The molecule has 2 nitrogen and oxygen atoms in total. The van der Waals surface area contributed by atoms with E-state index in [1.807, 2.05) is 18.2 Å². The number of nitrogens with zero attached hydrogens (tertiary/aromatic N) is 1. The van der Waals surface area contributed by atoms with Crippen molar-refractivity contribution >= 4 is 28.3 Å². The smallest absolute Gasteiger partial charge is 0.162 e. The zero-order chi connectivity index (χ0) is 12.6. The number of Topliss-reactive ketones (excluding diaryl/α,β-unsaturated/α-hetero) is 1. The van der Waals surface area contributed by atoms with E-state index < -0.39 is 0 Å². The van der Waals surface area contributed by atoms with Crippen molar-refractivity contribution in [1.82, 2.24) is 4.98 Å². The van der Waals surface area contributed by atoms with Crippen molar-refractivity contribution in [3.05, 3.63) is 40.5 Å². The molecule has 1 aromatic heterocycles. The molecule has 2 rings (SSSR count). The summed E-state index contributed by atoms with van der Waals surface area (Å²) in [5.41, 5.74) is 2.54. The van der Waals surface area contributed by atoms with Crippen LogP contribution in [0.25, 0.3) is 10.9 Å². The summed E-state index contributed by atoms with van der Waals surface area (Å²) < 4.78 is 0. The van der Waals surface area contributed by atoms with E-state index in [4.69, 9.17) is 11.6 Å². The highest BCUT2D eigenvalue weighted by Gasteiger charge is 2.10. The van der Waals surface area contributed by atoms with E-state index in [-0.39, 0.29) is 10.9 Å². The van der Waals surface area contributed by atoms with Crippen LogP contribution < -0.4 is 0 Å². The van der Waals surface area contributed by atoms with Gasteiger partial charge in [0.05, 0.1) is 11.1 Å². The molecule has 0 spiro atoms. The standard InChI is InChI=1S/C14H14ClNO/c1-8(2)10-4-5-13-11(6-10)7-12(9(3)17)14(15)16-13/h4-8H,1-3H3. The Morgan fingerprint density at radius 3 is 2.59 bits per heavy atom. The van der Waals surface area contributed by atoms with Crippen LogP contribution in [-0.4, -0.2) is 10.8 Å². The Morgan fingerprint density at radius 2 is 2.00 bits per heavy atom. The first kappa shape index (κ1) is 12.1. The monoisotopic (exact) mass is 247 g/mol. The van der Waals surface area contributed by atoms with Gasteiger partial charge in [-0.2, -0.15) is 0 Å². The van der Waals surface area contributed by atoms with Crippen LogP contribution in [0.1, 0.15) is 42.6 Å². The number of carbonyl (C=O) groups excluding carboxylic acids is 1. The Kier molecular flexibility index (Phi) is 3.16. The van der Waals surface area contributed by atoms with E-state index >= 15 is 0 Å². The van der Waals surface area contributed by atoms with E-state index in [0.717, 1.165) is 10.9 Å². The molecule has 88 valence electrons. The molecule has 0 fully saturated rings. The number of aromatic nitrogens is 1. The van der Waals surface area contributed by atoms with Crippen molar-refractivity contribution < 1.29 is 4.79 Å². The minimum Gasteiger partial charge on any atom is -0.294 e. The van der Waals surface area contributed by atoms with Crippen LogP contribution in [0.2, 0.25) is 5.15 Å². The Morgan fingerprint density at radius 1 is 1.29 bits per heavy atom. The molecule has 0 atom stereocenters. The second-order valence-electron chi connectivity index (χ2n) is 4.49. The first-order valence-electron chi connectivity index (χ1n) is 5.60. The van der Waals surface area contributed by atoms with Crippen molar-refractivity contribution in [3.8, 4) is 0 Å². The molecule has 0 saturated heterocycles. The Bertz CT molecular complexity index is 590. The first-order valence-corrected chi connectivity index (χ1v) is 5.98. The van der Waals surface area contributed by atoms with Crippen LogP contribution in [-0.2, 0) is 0 Å². The normalized spacial score (nSPS) is 11.1. The SMILES string of the molecule is CC(=O)c1cc2cc(C(C)C)ccc2nc1Cl. The number of ketones is 1. The molecule has 0 radical (unpaired) electrons. The minimum absolute atomic E-state index is 0.0562. The van der Waals surface area contributed by atoms with E-state index in [1.54, 1.807) is 0 Å². The molecule has 0 aliphatic heterocycles. The van der Waals surface area contributed by atoms with E-state index in [2.05, 4.69) is 24.9 Å². The summed E-state index contributed by atoms with van der Waals surface area (Å²) in [5, 5.41) is 1.24. The van der Waals surface area contributed by atoms with Gasteiger partial charge >= 0.3 is 0 Å². The Labute approximate surface area is 106 Å². The van der Waals surface area contributed by atoms with Gasteiger partial charge in [-0.15, -0.1) is 0 Å². The highest BCUT2D eigenvalue weighted by Crippen LogP contribution is 2.24. The van der Waals surface area contributed by atoms with Gasteiger partial charge in [0.15, 0.2) is 5.78 Å². The van der Waals surface area contributed by atoms with Crippen molar-refractivity contribution in [2.24, 2.45) is 0 Å². The zero-order valence-electron chi connectivity index (χ0n) is 10.1. The van der Waals surface area contributed by atoms with Crippen LogP contribution in [0.4, 0.5) is 0 Å². The molecular formula is C14H14ClNO. The summed E-state index contributed by atoms with van der Waals surface area (Å²) in [6, 6.07) is 7.87. The third-order valence-electron chi connectivity index (χ3n) is 2.84. The summed E-state index contributed by atoms with van der Waals surface area (Å²) >= 11 is 5.97. The average Bonchev–Trinajstić information content (AvgIpc) is 2.27. The second kappa shape index (κ2) is 4.46. The van der Waals surface area contributed by atoms with Gasteiger partial charge in [0.25, 0.3) is 0 Å². The maximum absolute atomic E-state index is 11.4. The number of pyridine rings is 1. The number of halogens is 1. The molecule has 0 unspecified atom stereocenters. The van der Waals surface area contributed by atoms with Gasteiger partial charge in [-0.25, -0.2) is 4.98 Å². The molecule has 0 bridgehead atoms. The lowest BCUT2D eigenvalue weighted by Gasteiger charge is -2.08. The molecule has 0 aliphatic rings. The van der Waals surface area contributed by atoms with Crippen molar-refractivity contribution in [1.29, 1.82) is 0 Å². The highest BCUT2D eigenvalue weighted by molar-refractivity contribution is 6.33. The summed E-state index contributed by atoms with van der Waals surface area (Å²) in [7, 11) is 0. The molecule has 0 N–H and O–H groups in total. The van der Waals surface area contributed by atoms with Crippen LogP contribution in [0.3, 0.4) is 0 Å². The molecule has 2 aromatic rings. The fourth-order valence-corrected chi connectivity index (χ4v) is 2.06. The molecule has 1 aromatic carbocycles. The number of carbonyl (C=O) groups is 1. The van der Waals surface area contributed by atoms with Gasteiger partial charge in [-0.3, -0.25) is 4.79 Å². The highest BCUT2D eigenvalue weighted by atomic mass is 35.5. The minimum atomic E-state index is -0.0562. The quantitative estimate of drug-likeness (QED) is 0.588. The third-order valence-corrected chi connectivity index (χ3v) is 3.13. The lowest BCUT2D eigenvalue weighted by molar-refractivity contribution is 0.101. The predicted octanol–water partition coefficient (Wildman–Crippen LogP) is 4.21. The van der Waals surface area contributed by atoms with Crippen molar-refractivity contribution in [2.45, 2.75) is 26.7 Å². The van der Waals surface area contributed by atoms with E-state index in [0.29, 0.717) is 11.5 Å². The number of fused-ring (bicyclic) bond motifs is 1. The molecular weight excluding hydrogens is 234 g/mol. The number of hydrogen-bond donors (Lipinski definition) is 0. The van der Waals surface area contributed by atoms with Crippen LogP contribution in [0, 0.1) is 0 Å². The fraction of sp³-hybridized carbons (Fsp3) is 0.286.